The average molecular weight is 569 g/mol. The van der Waals surface area contributed by atoms with Gasteiger partial charge >= 0.3 is 11.9 Å². The fraction of sp³-hybridized carbons (Fsp3) is 0.500. The lowest BCUT2D eigenvalue weighted by atomic mass is 9.98. The van der Waals surface area contributed by atoms with Gasteiger partial charge in [0, 0.05) is 11.1 Å². The zero-order chi connectivity index (χ0) is 28.2. The summed E-state index contributed by atoms with van der Waals surface area (Å²) in [5, 5.41) is 9.96. The van der Waals surface area contributed by atoms with E-state index in [4.69, 9.17) is 20.0 Å². The number of fused-ring (bicyclic) bond motifs is 1. The van der Waals surface area contributed by atoms with Crippen molar-refractivity contribution >= 4 is 63.6 Å². The molecule has 0 radical (unpaired) electrons. The van der Waals surface area contributed by atoms with Gasteiger partial charge in [-0.2, -0.15) is 0 Å². The molecule has 0 aliphatic carbocycles. The number of thioether (sulfide) groups is 1. The zero-order valence-corrected chi connectivity index (χ0v) is 22.9. The van der Waals surface area contributed by atoms with Crippen LogP contribution >= 0.6 is 23.1 Å². The van der Waals surface area contributed by atoms with Gasteiger partial charge in [-0.05, 0) is 33.8 Å². The van der Waals surface area contributed by atoms with Crippen LogP contribution < -0.4 is 16.4 Å². The Labute approximate surface area is 226 Å². The standard InChI is InChI=1S/C22H28N6O8S2/c1-10(23)15(29)26-21-24-11(8-38-21)13(27-34-5)16(30)25-14-17(31)28-12(6-7-37-18(14)28)19(32)35-9-36-20(33)22(2,3)4/h6,8,10,14,18H,7,9,23H2,1-5H3,(H,25,30)(H,24,26,29)/t10-,14+,18-/m0/s1. The summed E-state index contributed by atoms with van der Waals surface area (Å²) < 4.78 is 9.96. The summed E-state index contributed by atoms with van der Waals surface area (Å²) in [6.07, 6.45) is 1.52. The number of anilines is 1. The van der Waals surface area contributed by atoms with Crippen molar-refractivity contribution in [2.45, 2.75) is 45.2 Å². The molecule has 3 atom stereocenters. The van der Waals surface area contributed by atoms with Gasteiger partial charge in [-0.25, -0.2) is 9.78 Å². The highest BCUT2D eigenvalue weighted by Crippen LogP contribution is 2.38. The second-order valence-corrected chi connectivity index (χ2v) is 11.2. The average Bonchev–Trinajstić information content (AvgIpc) is 3.31. The lowest BCUT2D eigenvalue weighted by molar-refractivity contribution is -0.173. The van der Waals surface area contributed by atoms with E-state index < -0.39 is 59.3 Å². The van der Waals surface area contributed by atoms with Crippen molar-refractivity contribution in [3.8, 4) is 0 Å². The molecule has 3 heterocycles. The van der Waals surface area contributed by atoms with Gasteiger partial charge < -0.3 is 30.7 Å². The number of oxime groups is 1. The molecule has 1 aromatic heterocycles. The molecule has 0 spiro atoms. The number of ether oxygens (including phenoxy) is 2. The monoisotopic (exact) mass is 568 g/mol. The van der Waals surface area contributed by atoms with Crippen LogP contribution in [0.5, 0.6) is 0 Å². The highest BCUT2D eigenvalue weighted by atomic mass is 32.2. The maximum atomic E-state index is 13.0. The van der Waals surface area contributed by atoms with E-state index >= 15 is 0 Å². The SMILES string of the molecule is CON=C(C(=O)N[C@@H]1C(=O)N2C(C(=O)OCOC(=O)C(C)(C)C)=CCS[C@@H]12)c1csc(NC(=O)[C@H](C)N)n1. The summed E-state index contributed by atoms with van der Waals surface area (Å²) >= 11 is 2.38. The molecule has 38 heavy (non-hydrogen) atoms. The highest BCUT2D eigenvalue weighted by Gasteiger charge is 2.53. The van der Waals surface area contributed by atoms with Crippen LogP contribution in [-0.2, 0) is 38.3 Å². The smallest absolute Gasteiger partial charge is 0.357 e. The van der Waals surface area contributed by atoms with Crippen molar-refractivity contribution in [2.75, 3.05) is 25.0 Å². The Bertz CT molecular complexity index is 1190. The number of nitrogens with zero attached hydrogens (tertiary/aromatic N) is 3. The Balaban J connectivity index is 1.62. The predicted molar refractivity (Wildman–Crippen MR) is 138 cm³/mol. The van der Waals surface area contributed by atoms with Crippen LogP contribution in [-0.4, -0.2) is 82.4 Å². The number of hydrogen-bond donors (Lipinski definition) is 3. The van der Waals surface area contributed by atoms with Gasteiger partial charge in [0.1, 0.15) is 29.9 Å². The van der Waals surface area contributed by atoms with Gasteiger partial charge in [0.15, 0.2) is 10.8 Å². The molecule has 206 valence electrons. The number of carbonyl (C=O) groups excluding carboxylic acids is 5. The molecule has 0 aromatic carbocycles. The highest BCUT2D eigenvalue weighted by molar-refractivity contribution is 8.00. The van der Waals surface area contributed by atoms with E-state index in [0.717, 1.165) is 11.3 Å². The summed E-state index contributed by atoms with van der Waals surface area (Å²) in [6, 6.07) is -1.71. The van der Waals surface area contributed by atoms with Crippen molar-refractivity contribution in [1.82, 2.24) is 15.2 Å². The number of aromatic nitrogens is 1. The molecule has 16 heteroatoms. The quantitative estimate of drug-likeness (QED) is 0.121. The van der Waals surface area contributed by atoms with Crippen molar-refractivity contribution in [3.05, 3.63) is 22.8 Å². The molecule has 2 aliphatic heterocycles. The minimum Gasteiger partial charge on any atom is -0.427 e. The van der Waals surface area contributed by atoms with Crippen molar-refractivity contribution in [2.24, 2.45) is 16.3 Å². The molecule has 1 aromatic rings. The van der Waals surface area contributed by atoms with E-state index in [9.17, 15) is 24.0 Å². The minimum atomic E-state index is -0.958. The number of amides is 3. The van der Waals surface area contributed by atoms with E-state index in [-0.39, 0.29) is 22.2 Å². The number of thiazole rings is 1. The lowest BCUT2D eigenvalue weighted by Gasteiger charge is -2.48. The second kappa shape index (κ2) is 11.9. The number of carbonyl (C=O) groups is 5. The molecular formula is C22H28N6O8S2. The zero-order valence-electron chi connectivity index (χ0n) is 21.3. The number of nitrogens with two attached hydrogens (primary N) is 1. The predicted octanol–water partition coefficient (Wildman–Crippen LogP) is 0.153. The van der Waals surface area contributed by atoms with Crippen LogP contribution in [0, 0.1) is 5.41 Å². The molecule has 14 nitrogen and oxygen atoms in total. The number of β-lactam (4-membered cyclic amide) rings is 1. The van der Waals surface area contributed by atoms with Crippen LogP contribution in [0.15, 0.2) is 22.3 Å². The van der Waals surface area contributed by atoms with Crippen molar-refractivity contribution in [1.29, 1.82) is 0 Å². The van der Waals surface area contributed by atoms with Gasteiger partial charge in [-0.15, -0.1) is 23.1 Å². The van der Waals surface area contributed by atoms with Crippen LogP contribution in [0.1, 0.15) is 33.4 Å². The van der Waals surface area contributed by atoms with E-state index in [0.29, 0.717) is 5.75 Å². The summed E-state index contributed by atoms with van der Waals surface area (Å²) in [4.78, 5) is 72.2. The van der Waals surface area contributed by atoms with Crippen LogP contribution in [0.3, 0.4) is 0 Å². The van der Waals surface area contributed by atoms with Gasteiger partial charge in [-0.1, -0.05) is 5.16 Å². The lowest BCUT2D eigenvalue weighted by Crippen LogP contribution is -2.70. The van der Waals surface area contributed by atoms with Crippen molar-refractivity contribution < 1.29 is 38.3 Å². The maximum absolute atomic E-state index is 13.0. The molecule has 0 bridgehead atoms. The first-order valence-electron chi connectivity index (χ1n) is 11.3. The normalized spacial score (nSPS) is 19.8. The molecule has 0 unspecified atom stereocenters. The molecular weight excluding hydrogens is 540 g/mol. The maximum Gasteiger partial charge on any atom is 0.357 e. The Morgan fingerprint density at radius 3 is 2.63 bits per heavy atom. The van der Waals surface area contributed by atoms with Crippen LogP contribution in [0.4, 0.5) is 5.13 Å². The summed E-state index contributed by atoms with van der Waals surface area (Å²) in [5.41, 5.74) is 4.67. The van der Waals surface area contributed by atoms with E-state index in [2.05, 4.69) is 20.8 Å². The van der Waals surface area contributed by atoms with Crippen LogP contribution in [0.25, 0.3) is 0 Å². The third kappa shape index (κ3) is 6.49. The summed E-state index contributed by atoms with van der Waals surface area (Å²) in [5.74, 6) is -2.73. The Hall–Kier alpha value is -3.50. The van der Waals surface area contributed by atoms with Gasteiger partial charge in [0.2, 0.25) is 12.7 Å². The molecule has 1 fully saturated rings. The number of nitrogens with one attached hydrogen (secondary N) is 2. The van der Waals surface area contributed by atoms with Gasteiger partial charge in [0.25, 0.3) is 11.8 Å². The molecule has 4 N–H and O–H groups in total. The molecule has 0 saturated carbocycles. The Kier molecular flexibility index (Phi) is 9.11. The molecule has 2 aliphatic rings. The number of esters is 2. The minimum absolute atomic E-state index is 0.00384. The number of rotatable bonds is 9. The third-order valence-corrected chi connectivity index (χ3v) is 7.06. The van der Waals surface area contributed by atoms with E-state index in [1.807, 2.05) is 0 Å². The largest absolute Gasteiger partial charge is 0.427 e. The van der Waals surface area contributed by atoms with Gasteiger partial charge in [-0.3, -0.25) is 24.1 Å². The topological polar surface area (TPSA) is 192 Å². The van der Waals surface area contributed by atoms with E-state index in [1.165, 1.54) is 42.2 Å². The molecule has 1 saturated heterocycles. The molecule has 3 amide bonds. The fourth-order valence-electron chi connectivity index (χ4n) is 3.12. The van der Waals surface area contributed by atoms with E-state index in [1.54, 1.807) is 20.8 Å². The number of hydrogen-bond acceptors (Lipinski definition) is 13. The first kappa shape index (κ1) is 29.1. The second-order valence-electron chi connectivity index (χ2n) is 9.14. The summed E-state index contributed by atoms with van der Waals surface area (Å²) in [7, 11) is 1.24. The van der Waals surface area contributed by atoms with Crippen LogP contribution in [0.2, 0.25) is 0 Å². The Morgan fingerprint density at radius 2 is 2.00 bits per heavy atom. The molecule has 3 rings (SSSR count). The van der Waals surface area contributed by atoms with Crippen molar-refractivity contribution in [3.63, 3.8) is 0 Å². The van der Waals surface area contributed by atoms with Gasteiger partial charge in [0.05, 0.1) is 11.5 Å². The fourth-order valence-corrected chi connectivity index (χ4v) is 5.01. The third-order valence-electron chi connectivity index (χ3n) is 5.12. The Morgan fingerprint density at radius 1 is 1.29 bits per heavy atom. The summed E-state index contributed by atoms with van der Waals surface area (Å²) in [6.45, 7) is 5.90. The first-order valence-corrected chi connectivity index (χ1v) is 13.2. The first-order chi connectivity index (χ1) is 17.8.